The Hall–Kier alpha value is -0.900. The number of rotatable bonds is 6. The average molecular weight is 418 g/mol. The lowest BCUT2D eigenvalue weighted by Crippen LogP contribution is -2.36. The van der Waals surface area contributed by atoms with Crippen LogP contribution in [0.3, 0.4) is 0 Å². The van der Waals surface area contributed by atoms with Gasteiger partial charge in [0.15, 0.2) is 0 Å². The molecule has 3 aliphatic carbocycles. The minimum atomic E-state index is -1.61. The molecule has 0 amide bonds. The fourth-order valence-electron chi connectivity index (χ4n) is 6.61. The zero-order chi connectivity index (χ0) is 23.0. The summed E-state index contributed by atoms with van der Waals surface area (Å²) in [5.74, 6) is 1.98. The Morgan fingerprint density at radius 2 is 2.03 bits per heavy atom. The molecular formula is C27H44O3. The van der Waals surface area contributed by atoms with Crippen molar-refractivity contribution in [3.8, 4) is 0 Å². The quantitative estimate of drug-likeness (QED) is 0.519. The van der Waals surface area contributed by atoms with E-state index in [9.17, 15) is 15.3 Å². The minimum absolute atomic E-state index is 0.0352. The lowest BCUT2D eigenvalue weighted by Gasteiger charge is -2.44. The van der Waals surface area contributed by atoms with E-state index >= 15 is 0 Å². The maximum absolute atomic E-state index is 10.2. The number of aliphatic hydroxyl groups excluding tert-OH is 1. The summed E-state index contributed by atoms with van der Waals surface area (Å²) < 4.78 is 7.99. The summed E-state index contributed by atoms with van der Waals surface area (Å²) in [6.45, 7) is 12.7. The van der Waals surface area contributed by atoms with E-state index in [1.165, 1.54) is 37.7 Å². The predicted molar refractivity (Wildman–Crippen MR) is 124 cm³/mol. The molecule has 0 spiro atoms. The van der Waals surface area contributed by atoms with E-state index < -0.39 is 17.8 Å². The van der Waals surface area contributed by atoms with Crippen LogP contribution in [0.25, 0.3) is 0 Å². The SMILES string of the molecule is [2H][C@@]1(O)C/C(=C/C=C2CCC[C@@]3(C)C2CC[C@@H]3[C@H](C)CCCC(C)(C)O)C(=C)[C@H](O)C1. The van der Waals surface area contributed by atoms with Crippen molar-refractivity contribution in [2.75, 3.05) is 0 Å². The van der Waals surface area contributed by atoms with Crippen molar-refractivity contribution < 1.29 is 16.7 Å². The number of hydrogen-bond donors (Lipinski definition) is 3. The molecule has 0 aromatic carbocycles. The van der Waals surface area contributed by atoms with Crippen molar-refractivity contribution in [3.63, 3.8) is 0 Å². The highest BCUT2D eigenvalue weighted by Gasteiger charge is 2.50. The van der Waals surface area contributed by atoms with Gasteiger partial charge >= 0.3 is 0 Å². The Morgan fingerprint density at radius 3 is 2.73 bits per heavy atom. The summed E-state index contributed by atoms with van der Waals surface area (Å²) >= 11 is 0. The Morgan fingerprint density at radius 1 is 1.30 bits per heavy atom. The molecule has 0 saturated heterocycles. The summed E-state index contributed by atoms with van der Waals surface area (Å²) in [4.78, 5) is 0. The van der Waals surface area contributed by atoms with E-state index in [-0.39, 0.29) is 12.8 Å². The zero-order valence-electron chi connectivity index (χ0n) is 20.6. The minimum Gasteiger partial charge on any atom is -0.393 e. The fraction of sp³-hybridized carbons (Fsp3) is 0.778. The first-order valence-electron chi connectivity index (χ1n) is 12.5. The van der Waals surface area contributed by atoms with Gasteiger partial charge in [-0.05, 0) is 93.1 Å². The molecule has 3 N–H and O–H groups in total. The topological polar surface area (TPSA) is 60.7 Å². The van der Waals surface area contributed by atoms with E-state index in [0.29, 0.717) is 22.8 Å². The van der Waals surface area contributed by atoms with Gasteiger partial charge in [0.1, 0.15) is 0 Å². The van der Waals surface area contributed by atoms with Crippen LogP contribution in [0.2, 0.25) is 0 Å². The molecule has 30 heavy (non-hydrogen) atoms. The highest BCUT2D eigenvalue weighted by atomic mass is 16.3. The van der Waals surface area contributed by atoms with Crippen LogP contribution in [-0.4, -0.2) is 33.1 Å². The van der Waals surface area contributed by atoms with Gasteiger partial charge in [0.05, 0.1) is 19.2 Å². The van der Waals surface area contributed by atoms with Crippen LogP contribution in [0.15, 0.2) is 35.5 Å². The van der Waals surface area contributed by atoms with Gasteiger partial charge in [-0.1, -0.05) is 51.0 Å². The van der Waals surface area contributed by atoms with Crippen molar-refractivity contribution in [3.05, 3.63) is 35.5 Å². The second-order valence-corrected chi connectivity index (χ2v) is 11.2. The van der Waals surface area contributed by atoms with E-state index in [4.69, 9.17) is 1.37 Å². The van der Waals surface area contributed by atoms with Gasteiger partial charge in [-0.25, -0.2) is 0 Å². The molecule has 3 heteroatoms. The molecule has 0 aromatic heterocycles. The molecule has 3 aliphatic rings. The predicted octanol–water partition coefficient (Wildman–Crippen LogP) is 5.70. The molecule has 3 saturated carbocycles. The molecule has 170 valence electrons. The highest BCUT2D eigenvalue weighted by molar-refractivity contribution is 5.38. The van der Waals surface area contributed by atoms with Crippen LogP contribution in [-0.2, 0) is 0 Å². The molecule has 3 nitrogen and oxygen atoms in total. The third-order valence-corrected chi connectivity index (χ3v) is 8.31. The first kappa shape index (κ1) is 22.3. The van der Waals surface area contributed by atoms with Gasteiger partial charge in [0, 0.05) is 6.42 Å². The average Bonchev–Trinajstić information content (AvgIpc) is 2.99. The third kappa shape index (κ3) is 5.29. The molecule has 0 aromatic rings. The Kier molecular flexibility index (Phi) is 6.91. The van der Waals surface area contributed by atoms with E-state index in [1.54, 1.807) is 0 Å². The smallest absolute Gasteiger partial charge is 0.0811 e. The van der Waals surface area contributed by atoms with E-state index in [0.717, 1.165) is 30.8 Å². The summed E-state index contributed by atoms with van der Waals surface area (Å²) in [6, 6.07) is 0. The molecule has 0 bridgehead atoms. The summed E-state index contributed by atoms with van der Waals surface area (Å²) in [6.07, 6.45) is 11.3. The number of fused-ring (bicyclic) bond motifs is 1. The van der Waals surface area contributed by atoms with Crippen LogP contribution in [0.1, 0.15) is 93.3 Å². The summed E-state index contributed by atoms with van der Waals surface area (Å²) in [5, 5.41) is 30.4. The Labute approximate surface area is 185 Å². The van der Waals surface area contributed by atoms with Crippen LogP contribution in [0, 0.1) is 23.2 Å². The normalized spacial score (nSPS) is 41.8. The molecule has 1 unspecified atom stereocenters. The second kappa shape index (κ2) is 9.30. The number of aliphatic hydroxyl groups is 3. The van der Waals surface area contributed by atoms with Crippen molar-refractivity contribution >= 4 is 0 Å². The van der Waals surface area contributed by atoms with Gasteiger partial charge < -0.3 is 15.3 Å². The van der Waals surface area contributed by atoms with Crippen LogP contribution in [0.5, 0.6) is 0 Å². The van der Waals surface area contributed by atoms with Gasteiger partial charge in [-0.2, -0.15) is 0 Å². The lowest BCUT2D eigenvalue weighted by molar-refractivity contribution is 0.0596. The molecule has 3 rings (SSSR count). The van der Waals surface area contributed by atoms with E-state index in [1.807, 2.05) is 19.9 Å². The summed E-state index contributed by atoms with van der Waals surface area (Å²) in [5.41, 5.74) is 2.71. The first-order valence-corrected chi connectivity index (χ1v) is 12.0. The van der Waals surface area contributed by atoms with Crippen LogP contribution in [0.4, 0.5) is 0 Å². The largest absolute Gasteiger partial charge is 0.393 e. The Bertz CT molecular complexity index is 729. The van der Waals surface area contributed by atoms with Crippen molar-refractivity contribution in [1.29, 1.82) is 0 Å². The first-order chi connectivity index (χ1) is 14.3. The lowest BCUT2D eigenvalue weighted by atomic mass is 9.60. The third-order valence-electron chi connectivity index (χ3n) is 8.31. The number of hydrogen-bond acceptors (Lipinski definition) is 3. The van der Waals surface area contributed by atoms with Crippen LogP contribution >= 0.6 is 0 Å². The number of allylic oxidation sites excluding steroid dienone is 3. The molecule has 0 radical (unpaired) electrons. The zero-order valence-corrected chi connectivity index (χ0v) is 19.6. The van der Waals surface area contributed by atoms with Crippen molar-refractivity contribution in [1.82, 2.24) is 0 Å². The van der Waals surface area contributed by atoms with Crippen molar-refractivity contribution in [2.45, 2.75) is 110 Å². The van der Waals surface area contributed by atoms with Gasteiger partial charge in [-0.15, -0.1) is 0 Å². The van der Waals surface area contributed by atoms with Gasteiger partial charge in [0.25, 0.3) is 0 Å². The standard InChI is InChI=1S/C27H44O3/c1-18(8-6-14-26(3,4)30)23-12-13-24-20(9-7-15-27(23,24)5)10-11-21-16-22(28)17-25(29)19(21)2/h10-11,18,22-25,28-30H,2,6-9,12-17H2,1,3-5H3/b20-10?,21-11-/t18-,22-,23-,24?,25-,27-/m1/s1/i22D. The Balaban J connectivity index is 1.72. The molecule has 0 heterocycles. The summed E-state index contributed by atoms with van der Waals surface area (Å²) in [7, 11) is 0. The molecule has 0 aliphatic heterocycles. The van der Waals surface area contributed by atoms with Crippen molar-refractivity contribution in [2.24, 2.45) is 23.2 Å². The second-order valence-electron chi connectivity index (χ2n) is 11.2. The fourth-order valence-corrected chi connectivity index (χ4v) is 6.61. The highest BCUT2D eigenvalue weighted by Crippen LogP contribution is 2.60. The molecular weight excluding hydrogens is 372 g/mol. The molecule has 3 fully saturated rings. The monoisotopic (exact) mass is 417 g/mol. The maximum atomic E-state index is 10.2. The van der Waals surface area contributed by atoms with Crippen LogP contribution < -0.4 is 0 Å². The van der Waals surface area contributed by atoms with E-state index in [2.05, 4.69) is 26.5 Å². The molecule has 6 atom stereocenters. The van der Waals surface area contributed by atoms with Gasteiger partial charge in [0.2, 0.25) is 0 Å². The van der Waals surface area contributed by atoms with Gasteiger partial charge in [-0.3, -0.25) is 0 Å². The maximum Gasteiger partial charge on any atom is 0.0811 e.